The van der Waals surface area contributed by atoms with Gasteiger partial charge >= 0.3 is 0 Å². The van der Waals surface area contributed by atoms with Crippen molar-refractivity contribution in [1.29, 1.82) is 0 Å². The van der Waals surface area contributed by atoms with E-state index in [1.807, 2.05) is 0 Å². The van der Waals surface area contributed by atoms with E-state index in [1.165, 1.54) is 18.2 Å². The number of hydrogen-bond acceptors (Lipinski definition) is 3. The van der Waals surface area contributed by atoms with Crippen LogP contribution in [0.5, 0.6) is 0 Å². The molecule has 0 spiro atoms. The number of thioether (sulfide) groups is 1. The molecule has 0 radical (unpaired) electrons. The Labute approximate surface area is 129 Å². The number of nitrogens with two attached hydrogens (primary N) is 1. The molecule has 0 aliphatic carbocycles. The van der Waals surface area contributed by atoms with Crippen molar-refractivity contribution in [3.63, 3.8) is 0 Å². The summed E-state index contributed by atoms with van der Waals surface area (Å²) in [5.41, 5.74) is 6.35. The predicted molar refractivity (Wildman–Crippen MR) is 82.1 cm³/mol. The molecule has 7 heteroatoms. The Hall–Kier alpha value is -1.79. The number of alkyl halides is 2. The molecule has 0 aromatic heterocycles. The molecule has 0 saturated heterocycles. The number of anilines is 2. The van der Waals surface area contributed by atoms with E-state index < -0.39 is 11.7 Å². The maximum atomic E-state index is 12.5. The molecule has 3 N–H and O–H groups in total. The number of amides is 1. The minimum atomic E-state index is -2.58. The summed E-state index contributed by atoms with van der Waals surface area (Å²) >= 11 is 6.31. The fourth-order valence-corrected chi connectivity index (χ4v) is 2.60. The molecule has 0 heterocycles. The Morgan fingerprint density at radius 1 is 1.19 bits per heavy atom. The number of carbonyl (C=O) groups is 1. The van der Waals surface area contributed by atoms with Gasteiger partial charge in [-0.3, -0.25) is 4.79 Å². The molecule has 1 amide bonds. The monoisotopic (exact) mass is 328 g/mol. The van der Waals surface area contributed by atoms with Crippen molar-refractivity contribution in [3.05, 3.63) is 53.1 Å². The second kappa shape index (κ2) is 6.78. The fourth-order valence-electron chi connectivity index (χ4n) is 1.73. The summed E-state index contributed by atoms with van der Waals surface area (Å²) in [6.07, 6.45) is 0. The van der Waals surface area contributed by atoms with E-state index in [1.54, 1.807) is 24.3 Å². The van der Waals surface area contributed by atoms with Gasteiger partial charge in [0.15, 0.2) is 0 Å². The third kappa shape index (κ3) is 3.86. The maximum Gasteiger partial charge on any atom is 0.288 e. The van der Waals surface area contributed by atoms with Gasteiger partial charge in [-0.2, -0.15) is 8.78 Å². The van der Waals surface area contributed by atoms with Crippen molar-refractivity contribution in [2.75, 3.05) is 11.1 Å². The van der Waals surface area contributed by atoms with E-state index in [-0.39, 0.29) is 26.9 Å². The first-order valence-electron chi connectivity index (χ1n) is 5.88. The highest BCUT2D eigenvalue weighted by molar-refractivity contribution is 7.99. The third-order valence-electron chi connectivity index (χ3n) is 2.62. The number of carbonyl (C=O) groups excluding carboxylic acids is 1. The highest BCUT2D eigenvalue weighted by Gasteiger charge is 2.16. The van der Waals surface area contributed by atoms with Crippen LogP contribution >= 0.6 is 23.4 Å². The Balaban J connectivity index is 2.28. The first-order valence-corrected chi connectivity index (χ1v) is 7.14. The van der Waals surface area contributed by atoms with Crippen LogP contribution < -0.4 is 11.1 Å². The molecule has 0 atom stereocenters. The summed E-state index contributed by atoms with van der Waals surface area (Å²) < 4.78 is 25.0. The molecule has 110 valence electrons. The summed E-state index contributed by atoms with van der Waals surface area (Å²) in [4.78, 5) is 12.5. The average Bonchev–Trinajstić information content (AvgIpc) is 2.40. The van der Waals surface area contributed by atoms with E-state index in [0.717, 1.165) is 0 Å². The van der Waals surface area contributed by atoms with E-state index in [9.17, 15) is 13.6 Å². The van der Waals surface area contributed by atoms with Gasteiger partial charge in [0.1, 0.15) is 0 Å². The Bertz CT molecular complexity index is 647. The van der Waals surface area contributed by atoms with Crippen LogP contribution in [0.25, 0.3) is 0 Å². The maximum absolute atomic E-state index is 12.5. The quantitative estimate of drug-likeness (QED) is 0.642. The number of benzene rings is 2. The van der Waals surface area contributed by atoms with Gasteiger partial charge in [-0.25, -0.2) is 0 Å². The van der Waals surface area contributed by atoms with Crippen molar-refractivity contribution < 1.29 is 13.6 Å². The van der Waals surface area contributed by atoms with E-state index in [2.05, 4.69) is 5.32 Å². The van der Waals surface area contributed by atoms with Crippen LogP contribution in [-0.2, 0) is 0 Å². The highest BCUT2D eigenvalue weighted by Crippen LogP contribution is 2.32. The Morgan fingerprint density at radius 3 is 2.57 bits per heavy atom. The van der Waals surface area contributed by atoms with Crippen LogP contribution in [0, 0.1) is 0 Å². The number of nitrogen functional groups attached to an aromatic ring is 1. The molecule has 3 nitrogen and oxygen atoms in total. The average molecular weight is 329 g/mol. The van der Waals surface area contributed by atoms with Crippen LogP contribution in [0.4, 0.5) is 20.2 Å². The fraction of sp³-hybridized carbons (Fsp3) is 0.0714. The highest BCUT2D eigenvalue weighted by atomic mass is 35.5. The SMILES string of the molecule is Nc1cccc(Cl)c1C(=O)Nc1ccccc1SC(F)F. The Morgan fingerprint density at radius 2 is 1.90 bits per heavy atom. The smallest absolute Gasteiger partial charge is 0.288 e. The van der Waals surface area contributed by atoms with E-state index in [0.29, 0.717) is 11.8 Å². The molecule has 0 aliphatic heterocycles. The minimum absolute atomic E-state index is 0.121. The number of rotatable bonds is 4. The zero-order valence-corrected chi connectivity index (χ0v) is 12.2. The molecule has 2 aromatic rings. The predicted octanol–water partition coefficient (Wildman–Crippen LogP) is 4.49. The second-order valence-corrected chi connectivity index (χ2v) is 5.47. The number of halogens is 3. The van der Waals surface area contributed by atoms with Crippen molar-refractivity contribution in [3.8, 4) is 0 Å². The lowest BCUT2D eigenvalue weighted by Gasteiger charge is -2.12. The number of hydrogen-bond donors (Lipinski definition) is 2. The van der Waals surface area contributed by atoms with Gasteiger partial charge in [0.25, 0.3) is 11.7 Å². The molecule has 0 bridgehead atoms. The summed E-state index contributed by atoms with van der Waals surface area (Å²) in [6.45, 7) is 0. The first kappa shape index (κ1) is 15.6. The van der Waals surface area contributed by atoms with Gasteiger partial charge in [-0.05, 0) is 24.3 Å². The van der Waals surface area contributed by atoms with Gasteiger partial charge in [-0.15, -0.1) is 0 Å². The molecule has 2 rings (SSSR count). The van der Waals surface area contributed by atoms with Crippen LogP contribution in [0.15, 0.2) is 47.4 Å². The Kier molecular flexibility index (Phi) is 5.03. The van der Waals surface area contributed by atoms with E-state index >= 15 is 0 Å². The van der Waals surface area contributed by atoms with Crippen LogP contribution in [0.1, 0.15) is 10.4 Å². The van der Waals surface area contributed by atoms with Crippen molar-refractivity contribution in [2.45, 2.75) is 10.7 Å². The van der Waals surface area contributed by atoms with Gasteiger partial charge in [0, 0.05) is 10.6 Å². The van der Waals surface area contributed by atoms with Gasteiger partial charge in [-0.1, -0.05) is 41.6 Å². The lowest BCUT2D eigenvalue weighted by Crippen LogP contribution is -2.15. The molecule has 0 saturated carbocycles. The minimum Gasteiger partial charge on any atom is -0.398 e. The van der Waals surface area contributed by atoms with Gasteiger partial charge in [0.05, 0.1) is 16.3 Å². The van der Waals surface area contributed by atoms with E-state index in [4.69, 9.17) is 17.3 Å². The lowest BCUT2D eigenvalue weighted by molar-refractivity contribution is 0.102. The molecular formula is C14H11ClF2N2OS. The molecule has 0 unspecified atom stereocenters. The summed E-state index contributed by atoms with van der Waals surface area (Å²) in [7, 11) is 0. The lowest BCUT2D eigenvalue weighted by atomic mass is 10.1. The van der Waals surface area contributed by atoms with Crippen molar-refractivity contribution in [1.82, 2.24) is 0 Å². The number of para-hydroxylation sites is 1. The number of nitrogens with one attached hydrogen (secondary N) is 1. The zero-order valence-electron chi connectivity index (χ0n) is 10.6. The normalized spacial score (nSPS) is 10.7. The summed E-state index contributed by atoms with van der Waals surface area (Å²) in [5.74, 6) is -3.12. The molecule has 21 heavy (non-hydrogen) atoms. The molecule has 0 aliphatic rings. The van der Waals surface area contributed by atoms with Crippen LogP contribution in [0.3, 0.4) is 0 Å². The third-order valence-corrected chi connectivity index (χ3v) is 3.73. The van der Waals surface area contributed by atoms with Gasteiger partial charge in [0.2, 0.25) is 0 Å². The first-order chi connectivity index (χ1) is 9.99. The van der Waals surface area contributed by atoms with Gasteiger partial charge < -0.3 is 11.1 Å². The van der Waals surface area contributed by atoms with Crippen molar-refractivity contribution in [2.24, 2.45) is 0 Å². The molecule has 0 fully saturated rings. The molecular weight excluding hydrogens is 318 g/mol. The summed E-state index contributed by atoms with van der Waals surface area (Å²) in [5, 5.41) is 2.76. The largest absolute Gasteiger partial charge is 0.398 e. The molecule has 2 aromatic carbocycles. The van der Waals surface area contributed by atoms with Crippen LogP contribution in [0.2, 0.25) is 5.02 Å². The standard InChI is InChI=1S/C14H11ClF2N2OS/c15-8-4-3-5-9(18)12(8)13(20)19-10-6-1-2-7-11(10)21-14(16)17/h1-7,14H,18H2,(H,19,20). The van der Waals surface area contributed by atoms with Crippen molar-refractivity contribution >= 4 is 40.6 Å². The topological polar surface area (TPSA) is 55.1 Å². The second-order valence-electron chi connectivity index (χ2n) is 4.03. The zero-order chi connectivity index (χ0) is 15.4. The summed E-state index contributed by atoms with van der Waals surface area (Å²) in [6, 6.07) is 11.0. The van der Waals surface area contributed by atoms with Crippen LogP contribution in [-0.4, -0.2) is 11.7 Å².